The van der Waals surface area contributed by atoms with E-state index < -0.39 is 6.10 Å². The highest BCUT2D eigenvalue weighted by molar-refractivity contribution is 9.10. The second-order valence-corrected chi connectivity index (χ2v) is 6.26. The Morgan fingerprint density at radius 1 is 1.25 bits per heavy atom. The highest BCUT2D eigenvalue weighted by Gasteiger charge is 2.20. The molecule has 0 aromatic heterocycles. The lowest BCUT2D eigenvalue weighted by molar-refractivity contribution is 0.178. The van der Waals surface area contributed by atoms with E-state index in [1.807, 2.05) is 36.4 Å². The molecule has 0 bridgehead atoms. The van der Waals surface area contributed by atoms with E-state index in [4.69, 9.17) is 4.74 Å². The Hall–Kier alpha value is -1.32. The van der Waals surface area contributed by atoms with Crippen LogP contribution in [0.25, 0.3) is 0 Å². The van der Waals surface area contributed by atoms with Gasteiger partial charge in [-0.2, -0.15) is 0 Å². The summed E-state index contributed by atoms with van der Waals surface area (Å²) in [4.78, 5) is 0. The standard InChI is InChI=1S/C17H17BrO2/c1-11-8-14-10-13(4-7-17(14)20-11)16(19)9-12-2-5-15(18)6-3-12/h2-7,10-11,16,19H,8-9H2,1H3. The summed E-state index contributed by atoms with van der Waals surface area (Å²) in [6, 6.07) is 14.1. The van der Waals surface area contributed by atoms with Crippen LogP contribution in [0.4, 0.5) is 0 Å². The average Bonchev–Trinajstić information content (AvgIpc) is 2.80. The molecule has 2 aromatic rings. The van der Waals surface area contributed by atoms with Crippen LogP contribution in [0.1, 0.15) is 29.7 Å². The lowest BCUT2D eigenvalue weighted by atomic mass is 9.98. The fourth-order valence-corrected chi connectivity index (χ4v) is 2.88. The number of aliphatic hydroxyl groups excluding tert-OH is 1. The average molecular weight is 333 g/mol. The molecule has 0 fully saturated rings. The van der Waals surface area contributed by atoms with Crippen LogP contribution in [0, 0.1) is 0 Å². The molecule has 1 aliphatic rings. The van der Waals surface area contributed by atoms with Crippen molar-refractivity contribution in [1.29, 1.82) is 0 Å². The van der Waals surface area contributed by atoms with Crippen molar-refractivity contribution in [1.82, 2.24) is 0 Å². The first-order valence-corrected chi connectivity index (χ1v) is 7.63. The summed E-state index contributed by atoms with van der Waals surface area (Å²) in [5, 5.41) is 10.4. The molecule has 3 heteroatoms. The molecule has 0 radical (unpaired) electrons. The summed E-state index contributed by atoms with van der Waals surface area (Å²) in [5.74, 6) is 0.956. The maximum atomic E-state index is 10.4. The molecule has 2 unspecified atom stereocenters. The highest BCUT2D eigenvalue weighted by Crippen LogP contribution is 2.31. The van der Waals surface area contributed by atoms with Crippen molar-refractivity contribution in [2.75, 3.05) is 0 Å². The van der Waals surface area contributed by atoms with Crippen molar-refractivity contribution in [2.24, 2.45) is 0 Å². The molecular formula is C17H17BrO2. The number of benzene rings is 2. The molecule has 3 rings (SSSR count). The number of halogens is 1. The van der Waals surface area contributed by atoms with E-state index in [1.165, 1.54) is 5.56 Å². The zero-order valence-corrected chi connectivity index (χ0v) is 12.9. The van der Waals surface area contributed by atoms with Gasteiger partial charge >= 0.3 is 0 Å². The summed E-state index contributed by atoms with van der Waals surface area (Å²) in [5.41, 5.74) is 3.29. The molecule has 2 aromatic carbocycles. The largest absolute Gasteiger partial charge is 0.490 e. The summed E-state index contributed by atoms with van der Waals surface area (Å²) >= 11 is 3.42. The molecule has 1 aliphatic heterocycles. The van der Waals surface area contributed by atoms with Crippen LogP contribution >= 0.6 is 15.9 Å². The topological polar surface area (TPSA) is 29.5 Å². The Morgan fingerprint density at radius 3 is 2.75 bits per heavy atom. The van der Waals surface area contributed by atoms with Gasteiger partial charge < -0.3 is 9.84 Å². The summed E-state index contributed by atoms with van der Waals surface area (Å²) in [7, 11) is 0. The van der Waals surface area contributed by atoms with Crippen molar-refractivity contribution in [3.63, 3.8) is 0 Å². The van der Waals surface area contributed by atoms with Crippen LogP contribution in [0.5, 0.6) is 5.75 Å². The van der Waals surface area contributed by atoms with Crippen molar-refractivity contribution in [3.8, 4) is 5.75 Å². The Labute approximate surface area is 127 Å². The molecule has 0 saturated carbocycles. The molecule has 0 saturated heterocycles. The predicted octanol–water partition coefficient (Wildman–Crippen LogP) is 4.05. The molecule has 1 heterocycles. The first kappa shape index (κ1) is 13.7. The number of fused-ring (bicyclic) bond motifs is 1. The number of hydrogen-bond donors (Lipinski definition) is 1. The molecule has 20 heavy (non-hydrogen) atoms. The third kappa shape index (κ3) is 2.89. The number of aliphatic hydroxyl groups is 1. The summed E-state index contributed by atoms with van der Waals surface area (Å²) < 4.78 is 6.74. The van der Waals surface area contributed by atoms with Gasteiger partial charge in [0.15, 0.2) is 0 Å². The zero-order chi connectivity index (χ0) is 14.1. The highest BCUT2D eigenvalue weighted by atomic mass is 79.9. The van der Waals surface area contributed by atoms with Crippen LogP contribution in [0.2, 0.25) is 0 Å². The van der Waals surface area contributed by atoms with Gasteiger partial charge in [0.25, 0.3) is 0 Å². The van der Waals surface area contributed by atoms with Gasteiger partial charge in [0, 0.05) is 17.3 Å². The monoisotopic (exact) mass is 332 g/mol. The quantitative estimate of drug-likeness (QED) is 0.918. The van der Waals surface area contributed by atoms with Crippen LogP contribution < -0.4 is 4.74 Å². The summed E-state index contributed by atoms with van der Waals surface area (Å²) in [6.07, 6.45) is 1.32. The number of hydrogen-bond acceptors (Lipinski definition) is 2. The minimum atomic E-state index is -0.475. The molecule has 0 aliphatic carbocycles. The Kier molecular flexibility index (Phi) is 3.81. The van der Waals surface area contributed by atoms with E-state index in [1.54, 1.807) is 0 Å². The van der Waals surface area contributed by atoms with E-state index >= 15 is 0 Å². The fourth-order valence-electron chi connectivity index (χ4n) is 2.61. The lowest BCUT2D eigenvalue weighted by Gasteiger charge is -2.12. The normalized spacial score (nSPS) is 18.4. The van der Waals surface area contributed by atoms with Crippen LogP contribution in [0.15, 0.2) is 46.9 Å². The molecule has 104 valence electrons. The van der Waals surface area contributed by atoms with Gasteiger partial charge in [-0.25, -0.2) is 0 Å². The SMILES string of the molecule is CC1Cc2cc(C(O)Cc3ccc(Br)cc3)ccc2O1. The van der Waals surface area contributed by atoms with Gasteiger partial charge in [0.2, 0.25) is 0 Å². The van der Waals surface area contributed by atoms with E-state index in [0.29, 0.717) is 6.42 Å². The van der Waals surface area contributed by atoms with Gasteiger partial charge in [-0.15, -0.1) is 0 Å². The van der Waals surface area contributed by atoms with E-state index in [0.717, 1.165) is 27.8 Å². The maximum Gasteiger partial charge on any atom is 0.123 e. The van der Waals surface area contributed by atoms with Gasteiger partial charge in [-0.05, 0) is 47.9 Å². The van der Waals surface area contributed by atoms with Gasteiger partial charge in [0.1, 0.15) is 11.9 Å². The molecule has 0 spiro atoms. The van der Waals surface area contributed by atoms with Crippen molar-refractivity contribution < 1.29 is 9.84 Å². The van der Waals surface area contributed by atoms with Crippen LogP contribution in [0.3, 0.4) is 0 Å². The minimum absolute atomic E-state index is 0.240. The third-order valence-corrected chi connectivity index (χ3v) is 4.18. The second kappa shape index (κ2) is 5.58. The lowest BCUT2D eigenvalue weighted by Crippen LogP contribution is -2.05. The first-order chi connectivity index (χ1) is 9.61. The van der Waals surface area contributed by atoms with E-state index in [2.05, 4.69) is 28.9 Å². The summed E-state index contributed by atoms with van der Waals surface area (Å²) in [6.45, 7) is 2.07. The molecule has 2 nitrogen and oxygen atoms in total. The molecule has 1 N–H and O–H groups in total. The van der Waals surface area contributed by atoms with Crippen molar-refractivity contribution in [3.05, 3.63) is 63.6 Å². The van der Waals surface area contributed by atoms with Crippen molar-refractivity contribution >= 4 is 15.9 Å². The van der Waals surface area contributed by atoms with Crippen LogP contribution in [-0.2, 0) is 12.8 Å². The fraction of sp³-hybridized carbons (Fsp3) is 0.294. The molecule has 0 amide bonds. The number of rotatable bonds is 3. The second-order valence-electron chi connectivity index (χ2n) is 5.35. The Bertz CT molecular complexity index is 607. The minimum Gasteiger partial charge on any atom is -0.490 e. The first-order valence-electron chi connectivity index (χ1n) is 6.84. The molecular weight excluding hydrogens is 316 g/mol. The smallest absolute Gasteiger partial charge is 0.123 e. The predicted molar refractivity (Wildman–Crippen MR) is 83.0 cm³/mol. The molecule has 2 atom stereocenters. The third-order valence-electron chi connectivity index (χ3n) is 3.65. The number of ether oxygens (including phenoxy) is 1. The Morgan fingerprint density at radius 2 is 2.00 bits per heavy atom. The van der Waals surface area contributed by atoms with Gasteiger partial charge in [0.05, 0.1) is 6.10 Å². The maximum absolute atomic E-state index is 10.4. The van der Waals surface area contributed by atoms with Gasteiger partial charge in [-0.3, -0.25) is 0 Å². The zero-order valence-electron chi connectivity index (χ0n) is 11.3. The van der Waals surface area contributed by atoms with E-state index in [-0.39, 0.29) is 6.10 Å². The Balaban J connectivity index is 1.76. The van der Waals surface area contributed by atoms with Crippen LogP contribution in [-0.4, -0.2) is 11.2 Å². The van der Waals surface area contributed by atoms with E-state index in [9.17, 15) is 5.11 Å². The van der Waals surface area contributed by atoms with Crippen molar-refractivity contribution in [2.45, 2.75) is 32.0 Å². The van der Waals surface area contributed by atoms with Gasteiger partial charge in [-0.1, -0.05) is 34.1 Å².